The molecule has 1 aromatic rings. The van der Waals surface area contributed by atoms with E-state index in [-0.39, 0.29) is 24.2 Å². The van der Waals surface area contributed by atoms with Crippen molar-refractivity contribution in [1.82, 2.24) is 0 Å². The second kappa shape index (κ2) is 5.58. The van der Waals surface area contributed by atoms with Crippen LogP contribution in [0.4, 0.5) is 0 Å². The zero-order valence-electron chi connectivity index (χ0n) is 8.62. The van der Waals surface area contributed by atoms with Crippen LogP contribution in [0.3, 0.4) is 0 Å². The standard InChI is InChI=1S/C11H13BrClNO.ClH/c12-7-3-4-8(13)11(15)10(7)9(14)5-6-1-2-6;/h3-4,6,9,15H,1-2,5,14H2;1H/t9-;/m1./s1. The number of phenols is 1. The summed E-state index contributed by atoms with van der Waals surface area (Å²) in [5.41, 5.74) is 6.79. The van der Waals surface area contributed by atoms with Crippen molar-refractivity contribution in [3.05, 3.63) is 27.2 Å². The average molecular weight is 327 g/mol. The van der Waals surface area contributed by atoms with Gasteiger partial charge in [-0.25, -0.2) is 0 Å². The summed E-state index contributed by atoms with van der Waals surface area (Å²) in [6.45, 7) is 0. The topological polar surface area (TPSA) is 46.2 Å². The molecule has 0 amide bonds. The van der Waals surface area contributed by atoms with E-state index in [9.17, 15) is 5.11 Å². The summed E-state index contributed by atoms with van der Waals surface area (Å²) >= 11 is 9.25. The molecule has 0 radical (unpaired) electrons. The van der Waals surface area contributed by atoms with Gasteiger partial charge in [-0.2, -0.15) is 0 Å². The second-order valence-corrected chi connectivity index (χ2v) is 5.34. The van der Waals surface area contributed by atoms with Gasteiger partial charge >= 0.3 is 0 Å². The summed E-state index contributed by atoms with van der Waals surface area (Å²) in [6, 6.07) is 3.35. The molecule has 5 heteroatoms. The third-order valence-electron chi connectivity index (χ3n) is 2.77. The van der Waals surface area contributed by atoms with E-state index in [4.69, 9.17) is 17.3 Å². The lowest BCUT2D eigenvalue weighted by Crippen LogP contribution is -2.12. The Balaban J connectivity index is 0.00000128. The molecule has 1 fully saturated rings. The van der Waals surface area contributed by atoms with Crippen molar-refractivity contribution in [2.75, 3.05) is 0 Å². The van der Waals surface area contributed by atoms with Crippen molar-refractivity contribution < 1.29 is 5.11 Å². The summed E-state index contributed by atoms with van der Waals surface area (Å²) in [5.74, 6) is 0.837. The smallest absolute Gasteiger partial charge is 0.140 e. The molecule has 1 saturated carbocycles. The Morgan fingerprint density at radius 3 is 2.69 bits per heavy atom. The van der Waals surface area contributed by atoms with E-state index in [1.165, 1.54) is 12.8 Å². The zero-order valence-corrected chi connectivity index (χ0v) is 11.8. The van der Waals surface area contributed by atoms with Crippen molar-refractivity contribution in [1.29, 1.82) is 0 Å². The quantitative estimate of drug-likeness (QED) is 0.880. The summed E-state index contributed by atoms with van der Waals surface area (Å²) in [7, 11) is 0. The van der Waals surface area contributed by atoms with Gasteiger partial charge in [0.2, 0.25) is 0 Å². The molecule has 2 nitrogen and oxygen atoms in total. The Morgan fingerprint density at radius 2 is 2.12 bits per heavy atom. The maximum atomic E-state index is 9.84. The molecular weight excluding hydrogens is 313 g/mol. The molecule has 0 heterocycles. The fourth-order valence-corrected chi connectivity index (χ4v) is 2.52. The Bertz CT molecular complexity index is 382. The molecule has 16 heavy (non-hydrogen) atoms. The van der Waals surface area contributed by atoms with Crippen molar-refractivity contribution >= 4 is 39.9 Å². The number of rotatable bonds is 3. The van der Waals surface area contributed by atoms with Crippen molar-refractivity contribution in [2.45, 2.75) is 25.3 Å². The van der Waals surface area contributed by atoms with Crippen LogP contribution in [0.25, 0.3) is 0 Å². The number of phenolic OH excluding ortho intramolecular Hbond substituents is 1. The normalized spacial score (nSPS) is 16.7. The Kier molecular flexibility index (Phi) is 4.92. The highest BCUT2D eigenvalue weighted by Gasteiger charge is 2.27. The first kappa shape index (κ1) is 14.1. The Hall–Kier alpha value is 0.0400. The first-order valence-electron chi connectivity index (χ1n) is 5.02. The van der Waals surface area contributed by atoms with Crippen LogP contribution in [0.1, 0.15) is 30.9 Å². The monoisotopic (exact) mass is 325 g/mol. The fraction of sp³-hybridized carbons (Fsp3) is 0.455. The van der Waals surface area contributed by atoms with E-state index in [1.54, 1.807) is 6.07 Å². The van der Waals surface area contributed by atoms with Gasteiger partial charge in [0, 0.05) is 16.1 Å². The average Bonchev–Trinajstić information content (AvgIpc) is 2.96. The molecule has 0 aliphatic heterocycles. The largest absolute Gasteiger partial charge is 0.506 e. The van der Waals surface area contributed by atoms with Crippen LogP contribution in [-0.2, 0) is 0 Å². The maximum absolute atomic E-state index is 9.84. The summed E-state index contributed by atoms with van der Waals surface area (Å²) in [4.78, 5) is 0. The van der Waals surface area contributed by atoms with Gasteiger partial charge in [-0.05, 0) is 24.5 Å². The molecule has 1 aliphatic carbocycles. The molecule has 1 atom stereocenters. The van der Waals surface area contributed by atoms with Gasteiger partial charge in [-0.1, -0.05) is 40.4 Å². The van der Waals surface area contributed by atoms with E-state index >= 15 is 0 Å². The van der Waals surface area contributed by atoms with Crippen LogP contribution in [0.5, 0.6) is 5.75 Å². The van der Waals surface area contributed by atoms with Crippen LogP contribution in [0.2, 0.25) is 5.02 Å². The van der Waals surface area contributed by atoms with E-state index in [0.29, 0.717) is 5.02 Å². The van der Waals surface area contributed by atoms with Crippen LogP contribution >= 0.6 is 39.9 Å². The van der Waals surface area contributed by atoms with Gasteiger partial charge in [-0.15, -0.1) is 12.4 Å². The molecule has 90 valence electrons. The van der Waals surface area contributed by atoms with Gasteiger partial charge in [0.25, 0.3) is 0 Å². The first-order valence-corrected chi connectivity index (χ1v) is 6.19. The number of hydrogen-bond donors (Lipinski definition) is 2. The van der Waals surface area contributed by atoms with Gasteiger partial charge in [-0.3, -0.25) is 0 Å². The molecule has 0 saturated heterocycles. The summed E-state index contributed by atoms with van der Waals surface area (Å²) < 4.78 is 0.831. The third-order valence-corrected chi connectivity index (χ3v) is 3.77. The van der Waals surface area contributed by atoms with Crippen molar-refractivity contribution in [2.24, 2.45) is 11.7 Å². The molecule has 1 aliphatic rings. The SMILES string of the molecule is Cl.N[C@H](CC1CC1)c1c(Br)ccc(Cl)c1O. The molecule has 1 aromatic carbocycles. The van der Waals surface area contributed by atoms with Crippen molar-refractivity contribution in [3.63, 3.8) is 0 Å². The van der Waals surface area contributed by atoms with E-state index in [1.807, 2.05) is 6.07 Å². The number of aromatic hydroxyl groups is 1. The molecular formula is C11H14BrCl2NO. The maximum Gasteiger partial charge on any atom is 0.140 e. The minimum Gasteiger partial charge on any atom is -0.506 e. The van der Waals surface area contributed by atoms with Crippen LogP contribution < -0.4 is 5.73 Å². The lowest BCUT2D eigenvalue weighted by atomic mass is 10.0. The van der Waals surface area contributed by atoms with Gasteiger partial charge in [0.15, 0.2) is 0 Å². The lowest BCUT2D eigenvalue weighted by molar-refractivity contribution is 0.455. The molecule has 0 bridgehead atoms. The highest BCUT2D eigenvalue weighted by Crippen LogP contribution is 2.42. The van der Waals surface area contributed by atoms with Gasteiger partial charge in [0.05, 0.1) is 5.02 Å². The van der Waals surface area contributed by atoms with Gasteiger partial charge < -0.3 is 10.8 Å². The van der Waals surface area contributed by atoms with Gasteiger partial charge in [0.1, 0.15) is 5.75 Å². The number of nitrogens with two attached hydrogens (primary N) is 1. The summed E-state index contributed by atoms with van der Waals surface area (Å²) in [5, 5.41) is 10.2. The zero-order chi connectivity index (χ0) is 11.0. The molecule has 0 spiro atoms. The third kappa shape index (κ3) is 3.04. The summed E-state index contributed by atoms with van der Waals surface area (Å²) in [6.07, 6.45) is 3.44. The molecule has 2 rings (SSSR count). The van der Waals surface area contributed by atoms with Crippen LogP contribution in [0.15, 0.2) is 16.6 Å². The van der Waals surface area contributed by atoms with E-state index < -0.39 is 0 Å². The first-order chi connectivity index (χ1) is 7.09. The van der Waals surface area contributed by atoms with Crippen molar-refractivity contribution in [3.8, 4) is 5.75 Å². The fourth-order valence-electron chi connectivity index (χ4n) is 1.74. The highest BCUT2D eigenvalue weighted by atomic mass is 79.9. The minimum atomic E-state index is -0.134. The number of hydrogen-bond acceptors (Lipinski definition) is 2. The second-order valence-electron chi connectivity index (χ2n) is 4.08. The molecule has 0 aromatic heterocycles. The molecule has 0 unspecified atom stereocenters. The minimum absolute atomic E-state index is 0. The predicted molar refractivity (Wildman–Crippen MR) is 72.3 cm³/mol. The van der Waals surface area contributed by atoms with Crippen LogP contribution in [0, 0.1) is 5.92 Å². The van der Waals surface area contributed by atoms with E-state index in [2.05, 4.69) is 15.9 Å². The van der Waals surface area contributed by atoms with Crippen LogP contribution in [-0.4, -0.2) is 5.11 Å². The Morgan fingerprint density at radius 1 is 1.50 bits per heavy atom. The number of halogens is 3. The molecule has 3 N–H and O–H groups in total. The van der Waals surface area contributed by atoms with E-state index in [0.717, 1.165) is 22.4 Å². The highest BCUT2D eigenvalue weighted by molar-refractivity contribution is 9.10. The lowest BCUT2D eigenvalue weighted by Gasteiger charge is -2.15. The predicted octanol–water partition coefficient (Wildman–Crippen LogP) is 4.03. The Labute approximate surface area is 115 Å². The number of benzene rings is 1.